The summed E-state index contributed by atoms with van der Waals surface area (Å²) in [4.78, 5) is 14.6. The number of nitrogens with one attached hydrogen (secondary N) is 1. The number of carbonyl (C=O) groups excluding carboxylic acids is 1. The minimum Gasteiger partial charge on any atom is -0.396 e. The molecule has 6 heteroatoms. The molecular formula is C19H26N4O2. The molecule has 2 heterocycles. The van der Waals surface area contributed by atoms with Crippen LogP contribution in [0.5, 0.6) is 0 Å². The van der Waals surface area contributed by atoms with E-state index in [0.29, 0.717) is 12.5 Å². The first-order valence-electron chi connectivity index (χ1n) is 8.98. The molecule has 1 aliphatic rings. The third-order valence-electron chi connectivity index (χ3n) is 4.80. The van der Waals surface area contributed by atoms with Gasteiger partial charge in [-0.2, -0.15) is 5.10 Å². The maximum absolute atomic E-state index is 12.7. The molecule has 1 fully saturated rings. The van der Waals surface area contributed by atoms with Crippen LogP contribution in [-0.2, 0) is 0 Å². The highest BCUT2D eigenvalue weighted by molar-refractivity contribution is 5.74. The summed E-state index contributed by atoms with van der Waals surface area (Å²) in [5.74, 6) is 0. The number of aliphatic hydroxyl groups excluding tert-OH is 1. The number of aromatic nitrogens is 2. The van der Waals surface area contributed by atoms with Crippen LogP contribution in [0.3, 0.4) is 0 Å². The summed E-state index contributed by atoms with van der Waals surface area (Å²) in [5, 5.41) is 16.6. The van der Waals surface area contributed by atoms with Crippen molar-refractivity contribution in [1.82, 2.24) is 20.0 Å². The molecule has 1 aromatic carbocycles. The van der Waals surface area contributed by atoms with Crippen LogP contribution in [0.25, 0.3) is 0 Å². The SMILES string of the molecule is O=C(NC(CCCO)c1ccccc1)N1CCC(n2cccn2)CC1. The van der Waals surface area contributed by atoms with E-state index < -0.39 is 0 Å². The average Bonchev–Trinajstić information content (AvgIpc) is 3.20. The van der Waals surface area contributed by atoms with Gasteiger partial charge in [0.05, 0.1) is 12.1 Å². The summed E-state index contributed by atoms with van der Waals surface area (Å²) in [6, 6.07) is 12.2. The molecular weight excluding hydrogens is 316 g/mol. The van der Waals surface area contributed by atoms with Gasteiger partial charge in [0, 0.05) is 32.1 Å². The molecule has 1 unspecified atom stereocenters. The van der Waals surface area contributed by atoms with E-state index >= 15 is 0 Å². The first-order chi connectivity index (χ1) is 12.3. The molecule has 0 spiro atoms. The lowest BCUT2D eigenvalue weighted by Gasteiger charge is -2.33. The normalized spacial score (nSPS) is 16.6. The maximum atomic E-state index is 12.7. The fourth-order valence-corrected chi connectivity index (χ4v) is 3.37. The summed E-state index contributed by atoms with van der Waals surface area (Å²) >= 11 is 0. The Morgan fingerprint density at radius 3 is 2.64 bits per heavy atom. The number of carbonyl (C=O) groups is 1. The molecule has 134 valence electrons. The van der Waals surface area contributed by atoms with Gasteiger partial charge in [0.1, 0.15) is 0 Å². The van der Waals surface area contributed by atoms with E-state index in [-0.39, 0.29) is 18.7 Å². The van der Waals surface area contributed by atoms with Gasteiger partial charge in [-0.25, -0.2) is 4.79 Å². The lowest BCUT2D eigenvalue weighted by Crippen LogP contribution is -2.45. The molecule has 0 radical (unpaired) electrons. The largest absolute Gasteiger partial charge is 0.396 e. The zero-order valence-electron chi connectivity index (χ0n) is 14.4. The molecule has 0 aliphatic carbocycles. The van der Waals surface area contributed by atoms with Gasteiger partial charge in [0.15, 0.2) is 0 Å². The van der Waals surface area contributed by atoms with Crippen LogP contribution in [0.1, 0.15) is 43.3 Å². The van der Waals surface area contributed by atoms with Crippen LogP contribution >= 0.6 is 0 Å². The van der Waals surface area contributed by atoms with Crippen molar-refractivity contribution in [2.24, 2.45) is 0 Å². The zero-order chi connectivity index (χ0) is 17.5. The highest BCUT2D eigenvalue weighted by Gasteiger charge is 2.25. The first kappa shape index (κ1) is 17.5. The number of nitrogens with zero attached hydrogens (tertiary/aromatic N) is 3. The number of aliphatic hydroxyl groups is 1. The molecule has 1 aromatic heterocycles. The summed E-state index contributed by atoms with van der Waals surface area (Å²) in [7, 11) is 0. The van der Waals surface area contributed by atoms with Gasteiger partial charge in [-0.3, -0.25) is 4.68 Å². The molecule has 2 amide bonds. The summed E-state index contributed by atoms with van der Waals surface area (Å²) in [6.45, 7) is 1.60. The van der Waals surface area contributed by atoms with E-state index in [1.54, 1.807) is 6.20 Å². The smallest absolute Gasteiger partial charge is 0.317 e. The van der Waals surface area contributed by atoms with E-state index in [2.05, 4.69) is 10.4 Å². The Morgan fingerprint density at radius 1 is 1.24 bits per heavy atom. The zero-order valence-corrected chi connectivity index (χ0v) is 14.4. The molecule has 1 aliphatic heterocycles. The summed E-state index contributed by atoms with van der Waals surface area (Å²) in [5.41, 5.74) is 1.08. The van der Waals surface area contributed by atoms with E-state index in [1.165, 1.54) is 0 Å². The minimum atomic E-state index is -0.0651. The molecule has 1 saturated heterocycles. The van der Waals surface area contributed by atoms with Crippen molar-refractivity contribution in [3.8, 4) is 0 Å². The number of hydrogen-bond donors (Lipinski definition) is 2. The van der Waals surface area contributed by atoms with Crippen LogP contribution in [0.2, 0.25) is 0 Å². The third kappa shape index (κ3) is 4.60. The van der Waals surface area contributed by atoms with Gasteiger partial charge >= 0.3 is 6.03 Å². The second-order valence-electron chi connectivity index (χ2n) is 6.48. The van der Waals surface area contributed by atoms with Gasteiger partial charge in [0.25, 0.3) is 0 Å². The Kier molecular flexibility index (Phi) is 6.06. The monoisotopic (exact) mass is 342 g/mol. The van der Waals surface area contributed by atoms with Crippen molar-refractivity contribution in [2.75, 3.05) is 19.7 Å². The molecule has 0 bridgehead atoms. The number of piperidine rings is 1. The Bertz CT molecular complexity index is 637. The molecule has 25 heavy (non-hydrogen) atoms. The van der Waals surface area contributed by atoms with Crippen LogP contribution in [0.15, 0.2) is 48.8 Å². The Labute approximate surface area is 148 Å². The Balaban J connectivity index is 1.56. The average molecular weight is 342 g/mol. The number of urea groups is 1. The predicted molar refractivity (Wildman–Crippen MR) is 96.1 cm³/mol. The minimum absolute atomic E-state index is 0.0225. The highest BCUT2D eigenvalue weighted by Crippen LogP contribution is 2.23. The second kappa shape index (κ2) is 8.67. The van der Waals surface area contributed by atoms with Gasteiger partial charge in [0.2, 0.25) is 0 Å². The molecule has 1 atom stereocenters. The van der Waals surface area contributed by atoms with Crippen LogP contribution in [0, 0.1) is 0 Å². The second-order valence-corrected chi connectivity index (χ2v) is 6.48. The quantitative estimate of drug-likeness (QED) is 0.848. The molecule has 3 rings (SSSR count). The molecule has 0 saturated carbocycles. The van der Waals surface area contributed by atoms with Gasteiger partial charge in [-0.15, -0.1) is 0 Å². The lowest BCUT2D eigenvalue weighted by atomic mass is 10.0. The maximum Gasteiger partial charge on any atom is 0.317 e. The molecule has 2 aromatic rings. The Hall–Kier alpha value is -2.34. The van der Waals surface area contributed by atoms with Crippen LogP contribution < -0.4 is 5.32 Å². The van der Waals surface area contributed by atoms with Crippen LogP contribution in [-0.4, -0.2) is 45.5 Å². The lowest BCUT2D eigenvalue weighted by molar-refractivity contribution is 0.164. The number of hydrogen-bond acceptors (Lipinski definition) is 3. The fraction of sp³-hybridized carbons (Fsp3) is 0.474. The topological polar surface area (TPSA) is 70.4 Å². The van der Waals surface area contributed by atoms with Gasteiger partial charge in [-0.05, 0) is 37.3 Å². The Morgan fingerprint density at radius 2 is 2.00 bits per heavy atom. The van der Waals surface area contributed by atoms with E-state index in [9.17, 15) is 4.79 Å². The number of likely N-dealkylation sites (tertiary alicyclic amines) is 1. The number of benzene rings is 1. The van der Waals surface area contributed by atoms with Crippen molar-refractivity contribution in [3.05, 3.63) is 54.4 Å². The fourth-order valence-electron chi connectivity index (χ4n) is 3.37. The van der Waals surface area contributed by atoms with Gasteiger partial charge < -0.3 is 15.3 Å². The molecule has 6 nitrogen and oxygen atoms in total. The highest BCUT2D eigenvalue weighted by atomic mass is 16.3. The van der Waals surface area contributed by atoms with Crippen LogP contribution in [0.4, 0.5) is 4.79 Å². The van der Waals surface area contributed by atoms with Gasteiger partial charge in [-0.1, -0.05) is 30.3 Å². The van der Waals surface area contributed by atoms with E-state index in [4.69, 9.17) is 5.11 Å². The van der Waals surface area contributed by atoms with Crippen molar-refractivity contribution in [3.63, 3.8) is 0 Å². The van der Waals surface area contributed by atoms with Crippen molar-refractivity contribution in [1.29, 1.82) is 0 Å². The van der Waals surface area contributed by atoms with E-state index in [0.717, 1.165) is 37.9 Å². The third-order valence-corrected chi connectivity index (χ3v) is 4.80. The van der Waals surface area contributed by atoms with Crippen molar-refractivity contribution >= 4 is 6.03 Å². The van der Waals surface area contributed by atoms with E-state index in [1.807, 2.05) is 52.2 Å². The predicted octanol–water partition coefficient (Wildman–Crippen LogP) is 2.74. The number of amides is 2. The summed E-state index contributed by atoms with van der Waals surface area (Å²) in [6.07, 6.45) is 7.02. The van der Waals surface area contributed by atoms with Crippen molar-refractivity contribution in [2.45, 2.75) is 37.8 Å². The van der Waals surface area contributed by atoms with Crippen molar-refractivity contribution < 1.29 is 9.90 Å². The number of rotatable bonds is 6. The standard InChI is InChI=1S/C19H26N4O2/c24-15-4-8-18(16-6-2-1-3-7-16)21-19(25)22-13-9-17(10-14-22)23-12-5-11-20-23/h1-3,5-7,11-12,17-18,24H,4,8-10,13-15H2,(H,21,25). The first-order valence-corrected chi connectivity index (χ1v) is 8.98. The summed E-state index contributed by atoms with van der Waals surface area (Å²) < 4.78 is 1.99. The molecule has 2 N–H and O–H groups in total.